The Morgan fingerprint density at radius 1 is 1.45 bits per heavy atom. The highest BCUT2D eigenvalue weighted by molar-refractivity contribution is 7.22. The van der Waals surface area contributed by atoms with Gasteiger partial charge < -0.3 is 5.32 Å². The fourth-order valence-corrected chi connectivity index (χ4v) is 3.10. The lowest BCUT2D eigenvalue weighted by Gasteiger charge is -2.27. The van der Waals surface area contributed by atoms with Crippen molar-refractivity contribution in [3.05, 3.63) is 24.0 Å². The average molecular weight is 293 g/mol. The molecule has 2 heterocycles. The second kappa shape index (κ2) is 4.82. The molecule has 1 unspecified atom stereocenters. The van der Waals surface area contributed by atoms with E-state index in [0.29, 0.717) is 23.5 Å². The molecule has 5 nitrogen and oxygen atoms in total. The van der Waals surface area contributed by atoms with Crippen LogP contribution in [0.5, 0.6) is 0 Å². The highest BCUT2D eigenvalue weighted by Crippen LogP contribution is 2.28. The van der Waals surface area contributed by atoms with Crippen molar-refractivity contribution >= 4 is 38.5 Å². The van der Waals surface area contributed by atoms with Crippen molar-refractivity contribution in [2.45, 2.75) is 18.9 Å². The number of nitrogens with zero attached hydrogens (tertiary/aromatic N) is 2. The van der Waals surface area contributed by atoms with Crippen molar-refractivity contribution < 1.29 is 14.0 Å². The molecule has 1 aromatic heterocycles. The first-order valence-corrected chi connectivity index (χ1v) is 6.99. The summed E-state index contributed by atoms with van der Waals surface area (Å²) in [4.78, 5) is 28.8. The topological polar surface area (TPSA) is 62.3 Å². The predicted molar refractivity (Wildman–Crippen MR) is 74.0 cm³/mol. The van der Waals surface area contributed by atoms with Crippen molar-refractivity contribution in [1.82, 2.24) is 9.88 Å². The summed E-state index contributed by atoms with van der Waals surface area (Å²) < 4.78 is 13.8. The molecule has 2 amide bonds. The Morgan fingerprint density at radius 2 is 2.25 bits per heavy atom. The largest absolute Gasteiger partial charge is 0.350 e. The number of likely N-dealkylation sites (N-methyl/N-ethyl adjacent to an activating group) is 1. The molecule has 20 heavy (non-hydrogen) atoms. The Hall–Kier alpha value is -2.02. The summed E-state index contributed by atoms with van der Waals surface area (Å²) in [6.07, 6.45) is 0.783. The van der Waals surface area contributed by atoms with E-state index in [4.69, 9.17) is 0 Å². The molecule has 1 aromatic carbocycles. The standard InChI is InChI=1S/C13H12FN3O2S/c1-17-11(18)5-4-9(12(17)19)16-13-15-8-3-2-7(14)6-10(8)20-13/h2-3,6,9H,4-5H2,1H3,(H,15,16). The molecule has 2 aromatic rings. The molecule has 1 aliphatic rings. The van der Waals surface area contributed by atoms with E-state index in [-0.39, 0.29) is 17.6 Å². The van der Waals surface area contributed by atoms with Gasteiger partial charge in [-0.2, -0.15) is 0 Å². The van der Waals surface area contributed by atoms with Crippen molar-refractivity contribution in [1.29, 1.82) is 0 Å². The van der Waals surface area contributed by atoms with Crippen molar-refractivity contribution in [3.8, 4) is 0 Å². The van der Waals surface area contributed by atoms with E-state index in [1.54, 1.807) is 6.07 Å². The molecule has 0 radical (unpaired) electrons. The Balaban J connectivity index is 1.82. The number of hydrogen-bond acceptors (Lipinski definition) is 5. The zero-order valence-corrected chi connectivity index (χ0v) is 11.5. The predicted octanol–water partition coefficient (Wildman–Crippen LogP) is 1.99. The maximum Gasteiger partial charge on any atom is 0.251 e. The van der Waals surface area contributed by atoms with Gasteiger partial charge in [-0.1, -0.05) is 11.3 Å². The second-order valence-corrected chi connectivity index (χ2v) is 5.69. The molecule has 1 N–H and O–H groups in total. The van der Waals surface area contributed by atoms with Gasteiger partial charge in [0.25, 0.3) is 5.91 Å². The number of piperidine rings is 1. The van der Waals surface area contributed by atoms with E-state index in [0.717, 1.165) is 9.60 Å². The van der Waals surface area contributed by atoms with E-state index < -0.39 is 6.04 Å². The molecule has 0 bridgehead atoms. The number of aromatic nitrogens is 1. The molecular formula is C13H12FN3O2S. The molecule has 0 saturated carbocycles. The minimum atomic E-state index is -0.455. The molecule has 0 spiro atoms. The van der Waals surface area contributed by atoms with Gasteiger partial charge in [0.2, 0.25) is 5.91 Å². The monoisotopic (exact) mass is 293 g/mol. The van der Waals surface area contributed by atoms with Crippen molar-refractivity contribution in [2.24, 2.45) is 0 Å². The number of halogens is 1. The van der Waals surface area contributed by atoms with Crippen LogP contribution in [0.3, 0.4) is 0 Å². The third kappa shape index (κ3) is 2.24. The molecule has 1 atom stereocenters. The van der Waals surface area contributed by atoms with E-state index in [9.17, 15) is 14.0 Å². The summed E-state index contributed by atoms with van der Waals surface area (Å²) in [5.74, 6) is -0.738. The van der Waals surface area contributed by atoms with E-state index in [2.05, 4.69) is 10.3 Å². The van der Waals surface area contributed by atoms with Gasteiger partial charge in [0.1, 0.15) is 11.9 Å². The van der Waals surface area contributed by atoms with Gasteiger partial charge in [0.15, 0.2) is 5.13 Å². The van der Waals surface area contributed by atoms with Gasteiger partial charge in [-0.15, -0.1) is 0 Å². The zero-order valence-electron chi connectivity index (χ0n) is 10.7. The van der Waals surface area contributed by atoms with E-state index in [1.807, 2.05) is 0 Å². The zero-order chi connectivity index (χ0) is 14.3. The van der Waals surface area contributed by atoms with E-state index >= 15 is 0 Å². The van der Waals surface area contributed by atoms with Crippen LogP contribution in [0.25, 0.3) is 10.2 Å². The number of carbonyl (C=O) groups is 2. The van der Waals surface area contributed by atoms with Crippen LogP contribution in [0.4, 0.5) is 9.52 Å². The second-order valence-electron chi connectivity index (χ2n) is 4.66. The van der Waals surface area contributed by atoms with Crippen LogP contribution in [-0.2, 0) is 9.59 Å². The first-order chi connectivity index (χ1) is 9.54. The van der Waals surface area contributed by atoms with Crippen LogP contribution in [-0.4, -0.2) is 34.8 Å². The SMILES string of the molecule is CN1C(=O)CCC(Nc2nc3ccc(F)cc3s2)C1=O. The maximum atomic E-state index is 13.1. The van der Waals surface area contributed by atoms with Crippen LogP contribution in [0.2, 0.25) is 0 Å². The normalized spacial score (nSPS) is 19.7. The van der Waals surface area contributed by atoms with Gasteiger partial charge in [0.05, 0.1) is 10.2 Å². The van der Waals surface area contributed by atoms with E-state index in [1.165, 1.54) is 30.5 Å². The van der Waals surface area contributed by atoms with Crippen LogP contribution in [0, 0.1) is 5.82 Å². The lowest BCUT2D eigenvalue weighted by atomic mass is 10.1. The third-order valence-electron chi connectivity index (χ3n) is 3.30. The number of thiazole rings is 1. The first kappa shape index (κ1) is 13.0. The maximum absolute atomic E-state index is 13.1. The molecule has 1 aliphatic heterocycles. The van der Waals surface area contributed by atoms with Crippen LogP contribution >= 0.6 is 11.3 Å². The molecule has 1 saturated heterocycles. The number of anilines is 1. The summed E-state index contributed by atoms with van der Waals surface area (Å²) in [5.41, 5.74) is 0.687. The minimum Gasteiger partial charge on any atom is -0.350 e. The molecule has 1 fully saturated rings. The van der Waals surface area contributed by atoms with Crippen LogP contribution in [0.1, 0.15) is 12.8 Å². The van der Waals surface area contributed by atoms with Gasteiger partial charge in [-0.05, 0) is 24.6 Å². The molecular weight excluding hydrogens is 281 g/mol. The van der Waals surface area contributed by atoms with Crippen LogP contribution in [0.15, 0.2) is 18.2 Å². The quantitative estimate of drug-likeness (QED) is 0.860. The Labute approximate surface area is 118 Å². The fourth-order valence-electron chi connectivity index (χ4n) is 2.16. The molecule has 3 rings (SSSR count). The molecule has 0 aliphatic carbocycles. The highest BCUT2D eigenvalue weighted by atomic mass is 32.1. The Morgan fingerprint density at radius 3 is 3.05 bits per heavy atom. The first-order valence-electron chi connectivity index (χ1n) is 6.17. The number of likely N-dealkylation sites (tertiary alicyclic amines) is 1. The minimum absolute atomic E-state index is 0.167. The summed E-state index contributed by atoms with van der Waals surface area (Å²) in [5, 5.41) is 3.59. The summed E-state index contributed by atoms with van der Waals surface area (Å²) in [6, 6.07) is 3.91. The van der Waals surface area contributed by atoms with Gasteiger partial charge in [-0.3, -0.25) is 14.5 Å². The number of rotatable bonds is 2. The smallest absolute Gasteiger partial charge is 0.251 e. The molecule has 104 valence electrons. The summed E-state index contributed by atoms with van der Waals surface area (Å²) in [7, 11) is 1.48. The Bertz CT molecular complexity index is 700. The average Bonchev–Trinajstić information content (AvgIpc) is 2.81. The number of amides is 2. The summed E-state index contributed by atoms with van der Waals surface area (Å²) in [6.45, 7) is 0. The number of imide groups is 1. The lowest BCUT2D eigenvalue weighted by Crippen LogP contribution is -2.48. The fraction of sp³-hybridized carbons (Fsp3) is 0.308. The van der Waals surface area contributed by atoms with Gasteiger partial charge >= 0.3 is 0 Å². The Kier molecular flexibility index (Phi) is 3.13. The number of benzene rings is 1. The number of hydrogen-bond donors (Lipinski definition) is 1. The van der Waals surface area contributed by atoms with Crippen molar-refractivity contribution in [3.63, 3.8) is 0 Å². The third-order valence-corrected chi connectivity index (χ3v) is 4.25. The number of nitrogens with one attached hydrogen (secondary N) is 1. The van der Waals surface area contributed by atoms with Crippen LogP contribution < -0.4 is 5.32 Å². The molecule has 7 heteroatoms. The number of fused-ring (bicyclic) bond motifs is 1. The van der Waals surface area contributed by atoms with Gasteiger partial charge in [0, 0.05) is 13.5 Å². The summed E-state index contributed by atoms with van der Waals surface area (Å²) >= 11 is 1.29. The highest BCUT2D eigenvalue weighted by Gasteiger charge is 2.32. The van der Waals surface area contributed by atoms with Gasteiger partial charge in [-0.25, -0.2) is 9.37 Å². The number of carbonyl (C=O) groups excluding carboxylic acids is 2. The van der Waals surface area contributed by atoms with Crippen molar-refractivity contribution in [2.75, 3.05) is 12.4 Å². The lowest BCUT2D eigenvalue weighted by molar-refractivity contribution is -0.146.